The first-order valence-electron chi connectivity index (χ1n) is 10.7. The molecule has 0 radical (unpaired) electrons. The highest BCUT2D eigenvalue weighted by Gasteiger charge is 2.74. The Kier molecular flexibility index (Phi) is 3.58. The summed E-state index contributed by atoms with van der Waals surface area (Å²) in [5.74, 6) is -1.67. The van der Waals surface area contributed by atoms with Crippen molar-refractivity contribution >= 4 is 29.1 Å². The lowest BCUT2D eigenvalue weighted by Crippen LogP contribution is -2.57. The molecule has 0 aromatic heterocycles. The Morgan fingerprint density at radius 2 is 1.63 bits per heavy atom. The number of likely N-dealkylation sites (N-methyl/N-ethyl adjacent to an activating group) is 1. The van der Waals surface area contributed by atoms with Gasteiger partial charge in [-0.1, -0.05) is 42.8 Å². The van der Waals surface area contributed by atoms with Crippen molar-refractivity contribution in [3.05, 3.63) is 60.2 Å². The number of amides is 3. The van der Waals surface area contributed by atoms with Gasteiger partial charge in [0, 0.05) is 24.3 Å². The van der Waals surface area contributed by atoms with E-state index in [1.165, 1.54) is 4.90 Å². The molecule has 0 unspecified atom stereocenters. The number of hydrogen-bond donors (Lipinski definition) is 0. The van der Waals surface area contributed by atoms with Crippen molar-refractivity contribution in [2.45, 2.75) is 30.8 Å². The molecular formula is C24H23N3O3. The molecule has 152 valence electrons. The van der Waals surface area contributed by atoms with Crippen molar-refractivity contribution < 1.29 is 14.4 Å². The third kappa shape index (κ3) is 1.90. The van der Waals surface area contributed by atoms with E-state index in [1.54, 1.807) is 24.1 Å². The number of para-hydroxylation sites is 2. The topological polar surface area (TPSA) is 60.9 Å². The lowest BCUT2D eigenvalue weighted by Gasteiger charge is -2.42. The van der Waals surface area contributed by atoms with Crippen LogP contribution in [0.3, 0.4) is 0 Å². The van der Waals surface area contributed by atoms with E-state index < -0.39 is 17.4 Å². The monoisotopic (exact) mass is 401 g/mol. The minimum absolute atomic E-state index is 0.0841. The van der Waals surface area contributed by atoms with Gasteiger partial charge in [0.25, 0.3) is 5.91 Å². The highest BCUT2D eigenvalue weighted by Crippen LogP contribution is 2.61. The molecule has 6 nitrogen and oxygen atoms in total. The minimum Gasteiger partial charge on any atom is -0.313 e. The van der Waals surface area contributed by atoms with E-state index in [0.717, 1.165) is 37.1 Å². The van der Waals surface area contributed by atoms with Crippen LogP contribution in [0.2, 0.25) is 0 Å². The number of imide groups is 1. The average Bonchev–Trinajstić information content (AvgIpc) is 3.32. The summed E-state index contributed by atoms with van der Waals surface area (Å²) in [6.45, 7) is 0.734. The van der Waals surface area contributed by atoms with Gasteiger partial charge in [0.1, 0.15) is 5.54 Å². The van der Waals surface area contributed by atoms with Gasteiger partial charge in [0.2, 0.25) is 11.8 Å². The number of anilines is 2. The van der Waals surface area contributed by atoms with Crippen molar-refractivity contribution in [1.82, 2.24) is 4.90 Å². The van der Waals surface area contributed by atoms with Crippen LogP contribution in [-0.2, 0) is 19.9 Å². The maximum atomic E-state index is 13.9. The molecule has 0 saturated carbocycles. The fraction of sp³-hybridized carbons (Fsp3) is 0.375. The molecule has 0 bridgehead atoms. The fourth-order valence-electron chi connectivity index (χ4n) is 6.44. The zero-order valence-corrected chi connectivity index (χ0v) is 16.8. The van der Waals surface area contributed by atoms with Crippen LogP contribution >= 0.6 is 0 Å². The number of rotatable bonds is 1. The van der Waals surface area contributed by atoms with Gasteiger partial charge in [0.15, 0.2) is 0 Å². The van der Waals surface area contributed by atoms with Gasteiger partial charge in [-0.2, -0.15) is 0 Å². The molecule has 3 saturated heterocycles. The van der Waals surface area contributed by atoms with Crippen molar-refractivity contribution in [3.63, 3.8) is 0 Å². The third-order valence-corrected chi connectivity index (χ3v) is 7.54. The molecule has 4 heterocycles. The van der Waals surface area contributed by atoms with Gasteiger partial charge >= 0.3 is 0 Å². The van der Waals surface area contributed by atoms with Crippen LogP contribution in [0, 0.1) is 11.8 Å². The van der Waals surface area contributed by atoms with Gasteiger partial charge in [0.05, 0.1) is 17.5 Å². The van der Waals surface area contributed by atoms with Crippen LogP contribution in [0.4, 0.5) is 11.4 Å². The molecule has 4 aliphatic rings. The van der Waals surface area contributed by atoms with Gasteiger partial charge in [-0.25, -0.2) is 4.90 Å². The first-order chi connectivity index (χ1) is 14.6. The summed E-state index contributed by atoms with van der Waals surface area (Å²) >= 11 is 0. The molecule has 3 fully saturated rings. The molecule has 1 spiro atoms. The maximum Gasteiger partial charge on any atom is 0.252 e. The summed E-state index contributed by atoms with van der Waals surface area (Å²) in [6.07, 6.45) is 2.82. The van der Waals surface area contributed by atoms with Crippen molar-refractivity contribution in [2.75, 3.05) is 23.4 Å². The summed E-state index contributed by atoms with van der Waals surface area (Å²) < 4.78 is 0. The normalized spacial score (nSPS) is 32.7. The molecule has 4 atom stereocenters. The lowest BCUT2D eigenvalue weighted by atomic mass is 9.76. The van der Waals surface area contributed by atoms with Gasteiger partial charge in [-0.05, 0) is 37.6 Å². The number of carbonyl (C=O) groups excluding carboxylic acids is 3. The van der Waals surface area contributed by atoms with Gasteiger partial charge in [-0.15, -0.1) is 0 Å². The number of hydrogen-bond acceptors (Lipinski definition) is 4. The van der Waals surface area contributed by atoms with E-state index in [2.05, 4.69) is 4.90 Å². The largest absolute Gasteiger partial charge is 0.313 e. The van der Waals surface area contributed by atoms with Crippen molar-refractivity contribution in [3.8, 4) is 0 Å². The molecule has 4 aliphatic heterocycles. The Labute approximate surface area is 175 Å². The van der Waals surface area contributed by atoms with Crippen LogP contribution < -0.4 is 9.80 Å². The standard InChI is InChI=1S/C24H23N3O3/c1-25-17-12-6-5-11-16(17)24(23(25)30)20-19(18-13-7-8-14-26(18)24)21(28)27(22(20)29)15-9-3-2-4-10-15/h2-6,9-12,18-20H,7-8,13-14H2,1H3/t18-,19-,20-,24+/m1/s1. The van der Waals surface area contributed by atoms with Crippen molar-refractivity contribution in [1.29, 1.82) is 0 Å². The molecular weight excluding hydrogens is 378 g/mol. The second-order valence-corrected chi connectivity index (χ2v) is 8.76. The first kappa shape index (κ1) is 17.8. The Hall–Kier alpha value is -2.99. The Bertz CT molecular complexity index is 1080. The molecule has 6 rings (SSSR count). The van der Waals surface area contributed by atoms with E-state index >= 15 is 0 Å². The van der Waals surface area contributed by atoms with Crippen LogP contribution in [0.1, 0.15) is 24.8 Å². The SMILES string of the molecule is CN1C(=O)[C@]2(c3ccccc31)[C@H]1C(=O)N(c3ccccc3)C(=O)[C@@H]1[C@H]1CCCCN12. The zero-order valence-electron chi connectivity index (χ0n) is 16.8. The number of benzene rings is 2. The Morgan fingerprint density at radius 1 is 0.900 bits per heavy atom. The molecule has 2 aromatic rings. The summed E-state index contributed by atoms with van der Waals surface area (Å²) in [7, 11) is 1.78. The molecule has 0 N–H and O–H groups in total. The smallest absolute Gasteiger partial charge is 0.252 e. The zero-order chi connectivity index (χ0) is 20.6. The predicted octanol–water partition coefficient (Wildman–Crippen LogP) is 2.53. The highest BCUT2D eigenvalue weighted by atomic mass is 16.2. The fourth-order valence-corrected chi connectivity index (χ4v) is 6.44. The minimum atomic E-state index is -1.09. The van der Waals surface area contributed by atoms with Gasteiger partial charge < -0.3 is 4.90 Å². The molecule has 0 aliphatic carbocycles. The quantitative estimate of drug-likeness (QED) is 0.689. The lowest BCUT2D eigenvalue weighted by molar-refractivity contribution is -0.138. The molecule has 3 amide bonds. The van der Waals surface area contributed by atoms with E-state index in [9.17, 15) is 14.4 Å². The summed E-state index contributed by atoms with van der Waals surface area (Å²) in [4.78, 5) is 46.6. The number of piperidine rings is 1. The van der Waals surface area contributed by atoms with Crippen LogP contribution in [0.15, 0.2) is 54.6 Å². The summed E-state index contributed by atoms with van der Waals surface area (Å²) in [5, 5.41) is 0. The maximum absolute atomic E-state index is 13.9. The molecule has 2 aromatic carbocycles. The second-order valence-electron chi connectivity index (χ2n) is 8.76. The van der Waals surface area contributed by atoms with E-state index in [4.69, 9.17) is 0 Å². The highest BCUT2D eigenvalue weighted by molar-refractivity contribution is 6.26. The molecule has 30 heavy (non-hydrogen) atoms. The molecule has 6 heteroatoms. The van der Waals surface area contributed by atoms with Gasteiger partial charge in [-0.3, -0.25) is 19.3 Å². The summed E-state index contributed by atoms with van der Waals surface area (Å²) in [5.41, 5.74) is 1.21. The average molecular weight is 401 g/mol. The van der Waals surface area contributed by atoms with Crippen LogP contribution in [0.25, 0.3) is 0 Å². The van der Waals surface area contributed by atoms with Crippen LogP contribution in [0.5, 0.6) is 0 Å². The van der Waals surface area contributed by atoms with Crippen LogP contribution in [-0.4, -0.2) is 42.3 Å². The van der Waals surface area contributed by atoms with E-state index in [1.807, 2.05) is 42.5 Å². The third-order valence-electron chi connectivity index (χ3n) is 7.54. The Balaban J connectivity index is 1.59. The second kappa shape index (κ2) is 6.01. The summed E-state index contributed by atoms with van der Waals surface area (Å²) in [6, 6.07) is 16.8. The van der Waals surface area contributed by atoms with E-state index in [-0.39, 0.29) is 23.8 Å². The Morgan fingerprint density at radius 3 is 2.43 bits per heavy atom. The predicted molar refractivity (Wildman–Crippen MR) is 112 cm³/mol. The first-order valence-corrected chi connectivity index (χ1v) is 10.7. The van der Waals surface area contributed by atoms with Crippen molar-refractivity contribution in [2.24, 2.45) is 11.8 Å². The van der Waals surface area contributed by atoms with E-state index in [0.29, 0.717) is 5.69 Å². The number of carbonyl (C=O) groups is 3. The number of nitrogens with zero attached hydrogens (tertiary/aromatic N) is 3. The number of fused-ring (bicyclic) bond motifs is 7.